The predicted molar refractivity (Wildman–Crippen MR) is 100 cm³/mol. The van der Waals surface area contributed by atoms with Gasteiger partial charge in [0.15, 0.2) is 5.82 Å². The Morgan fingerprint density at radius 3 is 2.46 bits per heavy atom. The maximum absolute atomic E-state index is 13.3. The number of piperidine rings is 1. The fourth-order valence-electron chi connectivity index (χ4n) is 3.12. The molecule has 0 unspecified atom stereocenters. The van der Waals surface area contributed by atoms with Crippen LogP contribution in [0.2, 0.25) is 0 Å². The van der Waals surface area contributed by atoms with Crippen molar-refractivity contribution in [3.8, 4) is 22.6 Å². The van der Waals surface area contributed by atoms with Gasteiger partial charge in [-0.1, -0.05) is 0 Å². The Hall–Kier alpha value is -2.86. The smallest absolute Gasteiger partial charge is 0.162 e. The summed E-state index contributed by atoms with van der Waals surface area (Å²) in [7, 11) is 0. The molecule has 0 saturated carbocycles. The standard InChI is InChI=1S/C20H20FN5/c21-16-5-3-14(4-6-16)20-24-18(15-2-1-9-23-13-15)12-19(25-20)26-10-7-17(22)8-11-26/h1-6,9,12-13,17H,7-8,10-11,22H2. The maximum Gasteiger partial charge on any atom is 0.162 e. The van der Waals surface area contributed by atoms with Crippen molar-refractivity contribution in [2.75, 3.05) is 18.0 Å². The lowest BCUT2D eigenvalue weighted by Crippen LogP contribution is -2.40. The second-order valence-electron chi connectivity index (χ2n) is 6.51. The zero-order valence-electron chi connectivity index (χ0n) is 14.3. The van der Waals surface area contributed by atoms with Gasteiger partial charge in [-0.25, -0.2) is 14.4 Å². The van der Waals surface area contributed by atoms with Crippen LogP contribution in [-0.4, -0.2) is 34.1 Å². The highest BCUT2D eigenvalue weighted by Gasteiger charge is 2.19. The molecule has 26 heavy (non-hydrogen) atoms. The highest BCUT2D eigenvalue weighted by atomic mass is 19.1. The molecule has 5 nitrogen and oxygen atoms in total. The van der Waals surface area contributed by atoms with Gasteiger partial charge >= 0.3 is 0 Å². The molecule has 0 radical (unpaired) electrons. The number of nitrogens with two attached hydrogens (primary N) is 1. The van der Waals surface area contributed by atoms with E-state index in [0.29, 0.717) is 5.82 Å². The molecule has 2 aromatic heterocycles. The van der Waals surface area contributed by atoms with E-state index in [4.69, 9.17) is 10.7 Å². The van der Waals surface area contributed by atoms with E-state index in [1.807, 2.05) is 18.2 Å². The van der Waals surface area contributed by atoms with Crippen LogP contribution in [0.15, 0.2) is 54.9 Å². The van der Waals surface area contributed by atoms with Gasteiger partial charge in [-0.15, -0.1) is 0 Å². The van der Waals surface area contributed by atoms with Crippen LogP contribution in [0.1, 0.15) is 12.8 Å². The second-order valence-corrected chi connectivity index (χ2v) is 6.51. The highest BCUT2D eigenvalue weighted by molar-refractivity contribution is 5.67. The van der Waals surface area contributed by atoms with Crippen molar-refractivity contribution in [1.29, 1.82) is 0 Å². The van der Waals surface area contributed by atoms with E-state index in [0.717, 1.165) is 48.6 Å². The number of anilines is 1. The zero-order chi connectivity index (χ0) is 17.9. The Labute approximate surface area is 151 Å². The van der Waals surface area contributed by atoms with Crippen molar-refractivity contribution in [3.05, 3.63) is 60.7 Å². The Balaban J connectivity index is 1.78. The third-order valence-corrected chi connectivity index (χ3v) is 4.64. The molecule has 0 atom stereocenters. The van der Waals surface area contributed by atoms with E-state index in [-0.39, 0.29) is 11.9 Å². The van der Waals surface area contributed by atoms with Gasteiger partial charge in [0.2, 0.25) is 0 Å². The Bertz CT molecular complexity index is 874. The summed E-state index contributed by atoms with van der Waals surface area (Å²) in [5.74, 6) is 1.17. The summed E-state index contributed by atoms with van der Waals surface area (Å²) < 4.78 is 13.3. The van der Waals surface area contributed by atoms with Crippen LogP contribution < -0.4 is 10.6 Å². The summed E-state index contributed by atoms with van der Waals surface area (Å²) in [4.78, 5) is 15.8. The lowest BCUT2D eigenvalue weighted by atomic mass is 10.1. The van der Waals surface area contributed by atoms with Gasteiger partial charge in [-0.3, -0.25) is 4.98 Å². The Morgan fingerprint density at radius 2 is 1.77 bits per heavy atom. The fraction of sp³-hybridized carbons (Fsp3) is 0.250. The van der Waals surface area contributed by atoms with Gasteiger partial charge in [0.1, 0.15) is 11.6 Å². The predicted octanol–water partition coefficient (Wildman–Crippen LogP) is 3.27. The molecule has 0 aliphatic carbocycles. The number of benzene rings is 1. The fourth-order valence-corrected chi connectivity index (χ4v) is 3.12. The van der Waals surface area contributed by atoms with Crippen LogP contribution >= 0.6 is 0 Å². The maximum atomic E-state index is 13.3. The van der Waals surface area contributed by atoms with E-state index in [2.05, 4.69) is 14.9 Å². The average Bonchev–Trinajstić information content (AvgIpc) is 2.69. The van der Waals surface area contributed by atoms with Crippen LogP contribution in [0, 0.1) is 5.82 Å². The summed E-state index contributed by atoms with van der Waals surface area (Å²) >= 11 is 0. The van der Waals surface area contributed by atoms with Crippen molar-refractivity contribution in [1.82, 2.24) is 15.0 Å². The summed E-state index contributed by atoms with van der Waals surface area (Å²) in [6.07, 6.45) is 5.40. The SMILES string of the molecule is NC1CCN(c2cc(-c3cccnc3)nc(-c3ccc(F)cc3)n2)CC1. The molecule has 0 spiro atoms. The molecule has 0 amide bonds. The minimum Gasteiger partial charge on any atom is -0.356 e. The van der Waals surface area contributed by atoms with Crippen molar-refractivity contribution in [3.63, 3.8) is 0 Å². The number of halogens is 1. The third kappa shape index (κ3) is 3.55. The molecule has 3 aromatic rings. The molecule has 6 heteroatoms. The van der Waals surface area contributed by atoms with Crippen LogP contribution in [-0.2, 0) is 0 Å². The summed E-state index contributed by atoms with van der Waals surface area (Å²) in [5.41, 5.74) is 8.54. The molecule has 0 bridgehead atoms. The first-order chi connectivity index (χ1) is 12.7. The van der Waals surface area contributed by atoms with E-state index in [1.54, 1.807) is 24.5 Å². The first-order valence-corrected chi connectivity index (χ1v) is 8.75. The second kappa shape index (κ2) is 7.17. The monoisotopic (exact) mass is 349 g/mol. The average molecular weight is 349 g/mol. The number of hydrogen-bond acceptors (Lipinski definition) is 5. The summed E-state index contributed by atoms with van der Waals surface area (Å²) in [5, 5.41) is 0. The van der Waals surface area contributed by atoms with Gasteiger partial charge in [0, 0.05) is 48.7 Å². The van der Waals surface area contributed by atoms with Crippen molar-refractivity contribution in [2.24, 2.45) is 5.73 Å². The molecule has 1 aliphatic heterocycles. The molecule has 1 fully saturated rings. The van der Waals surface area contributed by atoms with Gasteiger partial charge in [0.25, 0.3) is 0 Å². The molecule has 1 aromatic carbocycles. The zero-order valence-corrected chi connectivity index (χ0v) is 14.3. The molecule has 132 valence electrons. The van der Waals surface area contributed by atoms with E-state index in [9.17, 15) is 4.39 Å². The quantitative estimate of drug-likeness (QED) is 0.786. The van der Waals surface area contributed by atoms with Gasteiger partial charge < -0.3 is 10.6 Å². The van der Waals surface area contributed by atoms with Gasteiger partial charge in [0.05, 0.1) is 5.69 Å². The van der Waals surface area contributed by atoms with Gasteiger partial charge in [-0.2, -0.15) is 0 Å². The molecule has 4 rings (SSSR count). The van der Waals surface area contributed by atoms with Crippen LogP contribution in [0.5, 0.6) is 0 Å². The third-order valence-electron chi connectivity index (χ3n) is 4.64. The number of aromatic nitrogens is 3. The van der Waals surface area contributed by atoms with Crippen LogP contribution in [0.25, 0.3) is 22.6 Å². The molecule has 3 heterocycles. The van der Waals surface area contributed by atoms with Crippen molar-refractivity contribution in [2.45, 2.75) is 18.9 Å². The topological polar surface area (TPSA) is 67.9 Å². The normalized spacial score (nSPS) is 15.2. The summed E-state index contributed by atoms with van der Waals surface area (Å²) in [6.45, 7) is 1.74. The number of rotatable bonds is 3. The summed E-state index contributed by atoms with van der Waals surface area (Å²) in [6, 6.07) is 12.3. The largest absolute Gasteiger partial charge is 0.356 e. The first kappa shape index (κ1) is 16.6. The lowest BCUT2D eigenvalue weighted by molar-refractivity contribution is 0.498. The molecule has 1 aliphatic rings. The van der Waals surface area contributed by atoms with E-state index >= 15 is 0 Å². The van der Waals surface area contributed by atoms with Crippen LogP contribution in [0.3, 0.4) is 0 Å². The van der Waals surface area contributed by atoms with Crippen molar-refractivity contribution >= 4 is 5.82 Å². The Morgan fingerprint density at radius 1 is 1.00 bits per heavy atom. The minimum absolute atomic E-state index is 0.252. The van der Waals surface area contributed by atoms with E-state index in [1.165, 1.54) is 12.1 Å². The Kier molecular flexibility index (Phi) is 4.58. The molecular weight excluding hydrogens is 329 g/mol. The number of hydrogen-bond donors (Lipinski definition) is 1. The molecule has 1 saturated heterocycles. The molecule has 2 N–H and O–H groups in total. The highest BCUT2D eigenvalue weighted by Crippen LogP contribution is 2.27. The first-order valence-electron chi connectivity index (χ1n) is 8.75. The number of pyridine rings is 1. The molecular formula is C20H20FN5. The minimum atomic E-state index is -0.276. The number of nitrogens with zero attached hydrogens (tertiary/aromatic N) is 4. The lowest BCUT2D eigenvalue weighted by Gasteiger charge is -2.31. The van der Waals surface area contributed by atoms with E-state index < -0.39 is 0 Å². The van der Waals surface area contributed by atoms with Gasteiger partial charge in [-0.05, 0) is 49.2 Å². The van der Waals surface area contributed by atoms with Crippen LogP contribution in [0.4, 0.5) is 10.2 Å². The van der Waals surface area contributed by atoms with Crippen molar-refractivity contribution < 1.29 is 4.39 Å².